The van der Waals surface area contributed by atoms with Crippen LogP contribution in [0.5, 0.6) is 0 Å². The van der Waals surface area contributed by atoms with E-state index in [2.05, 4.69) is 4.98 Å². The highest BCUT2D eigenvalue weighted by Crippen LogP contribution is 2.19. The van der Waals surface area contributed by atoms with Gasteiger partial charge in [0.05, 0.1) is 17.6 Å². The molecule has 0 atom stereocenters. The number of aromatic nitrogens is 1. The van der Waals surface area contributed by atoms with Crippen LogP contribution in [0.1, 0.15) is 15.9 Å². The average molecular weight is 312 g/mol. The Morgan fingerprint density at radius 2 is 1.70 bits per heavy atom. The van der Waals surface area contributed by atoms with Crippen LogP contribution in [-0.4, -0.2) is 22.8 Å². The predicted octanol–water partition coefficient (Wildman–Crippen LogP) is 3.79. The molecule has 0 N–H and O–H groups in total. The first kappa shape index (κ1) is 15.1. The number of fused-ring (bicyclic) bond motifs is 1. The molecule has 0 spiro atoms. The molecule has 0 bridgehead atoms. The van der Waals surface area contributed by atoms with Crippen LogP contribution in [0.4, 0.5) is 8.78 Å². The van der Waals surface area contributed by atoms with Crippen molar-refractivity contribution in [1.82, 2.24) is 9.88 Å². The Morgan fingerprint density at radius 3 is 2.43 bits per heavy atom. The van der Waals surface area contributed by atoms with Gasteiger partial charge in [-0.3, -0.25) is 9.78 Å². The fourth-order valence-electron chi connectivity index (χ4n) is 2.47. The van der Waals surface area contributed by atoms with Gasteiger partial charge in [0.2, 0.25) is 0 Å². The second-order valence-electron chi connectivity index (χ2n) is 5.24. The lowest BCUT2D eigenvalue weighted by Gasteiger charge is -2.18. The summed E-state index contributed by atoms with van der Waals surface area (Å²) < 4.78 is 27.5. The Hall–Kier alpha value is -2.82. The average Bonchev–Trinajstić information content (AvgIpc) is 2.57. The first-order chi connectivity index (χ1) is 11.1. The number of benzene rings is 2. The number of pyridine rings is 1. The zero-order valence-corrected chi connectivity index (χ0v) is 12.5. The van der Waals surface area contributed by atoms with Gasteiger partial charge in [0.25, 0.3) is 5.91 Å². The number of para-hydroxylation sites is 1. The van der Waals surface area contributed by atoms with Gasteiger partial charge in [-0.25, -0.2) is 8.78 Å². The summed E-state index contributed by atoms with van der Waals surface area (Å²) in [6.45, 7) is -0.152. The second kappa shape index (κ2) is 6.12. The number of nitrogens with zero attached hydrogens (tertiary/aromatic N) is 2. The van der Waals surface area contributed by atoms with Crippen molar-refractivity contribution in [2.24, 2.45) is 0 Å². The molecule has 3 aromatic rings. The maximum absolute atomic E-state index is 13.7. The third-order valence-corrected chi connectivity index (χ3v) is 3.67. The highest BCUT2D eigenvalue weighted by molar-refractivity contribution is 6.05. The standard InChI is InChI=1S/C18H14F2N2O/c1-22(11-14-15(19)8-3-9-16(14)20)18(23)13-7-2-5-12-6-4-10-21-17(12)13/h2-10H,11H2,1H3. The molecule has 0 aliphatic carbocycles. The van der Waals surface area contributed by atoms with Crippen LogP contribution in [0.2, 0.25) is 0 Å². The molecular weight excluding hydrogens is 298 g/mol. The molecule has 0 saturated carbocycles. The summed E-state index contributed by atoms with van der Waals surface area (Å²) in [7, 11) is 1.51. The van der Waals surface area contributed by atoms with Crippen LogP contribution < -0.4 is 0 Å². The van der Waals surface area contributed by atoms with Gasteiger partial charge in [0.15, 0.2) is 0 Å². The van der Waals surface area contributed by atoms with E-state index in [0.29, 0.717) is 11.1 Å². The van der Waals surface area contributed by atoms with E-state index < -0.39 is 11.6 Å². The van der Waals surface area contributed by atoms with Crippen molar-refractivity contribution >= 4 is 16.8 Å². The third-order valence-electron chi connectivity index (χ3n) is 3.67. The molecule has 0 saturated heterocycles. The van der Waals surface area contributed by atoms with Gasteiger partial charge in [-0.15, -0.1) is 0 Å². The van der Waals surface area contributed by atoms with Gasteiger partial charge in [0, 0.05) is 24.2 Å². The summed E-state index contributed by atoms with van der Waals surface area (Å²) in [5, 5.41) is 0.837. The summed E-state index contributed by atoms with van der Waals surface area (Å²) in [4.78, 5) is 18.1. The largest absolute Gasteiger partial charge is 0.337 e. The van der Waals surface area contributed by atoms with Crippen LogP contribution in [0.3, 0.4) is 0 Å². The van der Waals surface area contributed by atoms with Crippen molar-refractivity contribution in [1.29, 1.82) is 0 Å². The first-order valence-electron chi connectivity index (χ1n) is 7.10. The van der Waals surface area contributed by atoms with E-state index in [-0.39, 0.29) is 18.0 Å². The molecule has 0 radical (unpaired) electrons. The molecule has 0 unspecified atom stereocenters. The molecule has 23 heavy (non-hydrogen) atoms. The van der Waals surface area contributed by atoms with E-state index in [9.17, 15) is 13.6 Å². The highest BCUT2D eigenvalue weighted by atomic mass is 19.1. The zero-order valence-electron chi connectivity index (χ0n) is 12.5. The van der Waals surface area contributed by atoms with E-state index in [1.54, 1.807) is 24.4 Å². The fraction of sp³-hybridized carbons (Fsp3) is 0.111. The van der Waals surface area contributed by atoms with Gasteiger partial charge in [-0.05, 0) is 24.3 Å². The van der Waals surface area contributed by atoms with Crippen LogP contribution in [0, 0.1) is 11.6 Å². The number of hydrogen-bond donors (Lipinski definition) is 0. The number of hydrogen-bond acceptors (Lipinski definition) is 2. The number of halogens is 2. The second-order valence-corrected chi connectivity index (χ2v) is 5.24. The molecule has 1 amide bonds. The maximum Gasteiger partial charge on any atom is 0.256 e. The van der Waals surface area contributed by atoms with Gasteiger partial charge in [0.1, 0.15) is 11.6 Å². The molecule has 3 nitrogen and oxygen atoms in total. The van der Waals surface area contributed by atoms with Gasteiger partial charge < -0.3 is 4.90 Å². The minimum atomic E-state index is -0.666. The fourth-order valence-corrected chi connectivity index (χ4v) is 2.47. The highest BCUT2D eigenvalue weighted by Gasteiger charge is 2.18. The van der Waals surface area contributed by atoms with Crippen molar-refractivity contribution in [2.45, 2.75) is 6.54 Å². The van der Waals surface area contributed by atoms with Crippen molar-refractivity contribution in [3.8, 4) is 0 Å². The Balaban J connectivity index is 1.93. The van der Waals surface area contributed by atoms with Crippen molar-refractivity contribution in [3.05, 3.63) is 77.5 Å². The van der Waals surface area contributed by atoms with Crippen LogP contribution in [0.15, 0.2) is 54.7 Å². The number of amides is 1. The molecule has 0 aliphatic heterocycles. The van der Waals surface area contributed by atoms with E-state index in [4.69, 9.17) is 0 Å². The smallest absolute Gasteiger partial charge is 0.256 e. The zero-order chi connectivity index (χ0) is 16.4. The lowest BCUT2D eigenvalue weighted by Crippen LogP contribution is -2.27. The Labute approximate surface area is 132 Å². The normalized spacial score (nSPS) is 10.7. The predicted molar refractivity (Wildman–Crippen MR) is 83.9 cm³/mol. The molecule has 3 rings (SSSR count). The van der Waals surface area contributed by atoms with Gasteiger partial charge in [-0.1, -0.05) is 24.3 Å². The quantitative estimate of drug-likeness (QED) is 0.737. The van der Waals surface area contributed by atoms with Crippen LogP contribution >= 0.6 is 0 Å². The molecule has 2 aromatic carbocycles. The SMILES string of the molecule is CN(Cc1c(F)cccc1F)C(=O)c1cccc2cccnc12. The molecule has 0 aliphatic rings. The molecular formula is C18H14F2N2O. The van der Waals surface area contributed by atoms with Crippen molar-refractivity contribution < 1.29 is 13.6 Å². The van der Waals surface area contributed by atoms with Crippen molar-refractivity contribution in [2.75, 3.05) is 7.05 Å². The molecule has 1 aromatic heterocycles. The number of carbonyl (C=O) groups is 1. The topological polar surface area (TPSA) is 33.2 Å². The van der Waals surface area contributed by atoms with Crippen molar-refractivity contribution in [3.63, 3.8) is 0 Å². The Bertz CT molecular complexity index is 854. The lowest BCUT2D eigenvalue weighted by atomic mass is 10.1. The summed E-state index contributed by atoms with van der Waals surface area (Å²) in [6, 6.07) is 12.6. The maximum atomic E-state index is 13.7. The molecule has 5 heteroatoms. The summed E-state index contributed by atoms with van der Waals surface area (Å²) in [5.74, 6) is -1.67. The first-order valence-corrected chi connectivity index (χ1v) is 7.10. The van der Waals surface area contributed by atoms with Crippen LogP contribution in [-0.2, 0) is 6.54 Å². The van der Waals surface area contributed by atoms with E-state index >= 15 is 0 Å². The lowest BCUT2D eigenvalue weighted by molar-refractivity contribution is 0.0784. The monoisotopic (exact) mass is 312 g/mol. The number of rotatable bonds is 3. The summed E-state index contributed by atoms with van der Waals surface area (Å²) in [6.07, 6.45) is 1.61. The minimum Gasteiger partial charge on any atom is -0.337 e. The van der Waals surface area contributed by atoms with Gasteiger partial charge in [-0.2, -0.15) is 0 Å². The van der Waals surface area contributed by atoms with Crippen LogP contribution in [0.25, 0.3) is 10.9 Å². The van der Waals surface area contributed by atoms with E-state index in [1.165, 1.54) is 30.1 Å². The molecule has 0 fully saturated rings. The minimum absolute atomic E-state index is 0.128. The molecule has 116 valence electrons. The Morgan fingerprint density at radius 1 is 1.04 bits per heavy atom. The third kappa shape index (κ3) is 2.90. The van der Waals surface area contributed by atoms with E-state index in [1.807, 2.05) is 12.1 Å². The number of carbonyl (C=O) groups excluding carboxylic acids is 1. The molecule has 1 heterocycles. The summed E-state index contributed by atoms with van der Waals surface area (Å²) >= 11 is 0. The Kier molecular flexibility index (Phi) is 4.02. The summed E-state index contributed by atoms with van der Waals surface area (Å²) in [5.41, 5.74) is 0.847. The van der Waals surface area contributed by atoms with Gasteiger partial charge >= 0.3 is 0 Å². The van der Waals surface area contributed by atoms with E-state index in [0.717, 1.165) is 5.39 Å².